The lowest BCUT2D eigenvalue weighted by atomic mass is 10.3. The number of amides is 1. The van der Waals surface area contributed by atoms with Crippen molar-refractivity contribution in [2.45, 2.75) is 13.0 Å². The van der Waals surface area contributed by atoms with E-state index in [1.54, 1.807) is 20.1 Å². The van der Waals surface area contributed by atoms with E-state index in [-0.39, 0.29) is 11.7 Å². The summed E-state index contributed by atoms with van der Waals surface area (Å²) < 4.78 is 28.9. The Bertz CT molecular complexity index is 660. The molecule has 1 atom stereocenters. The molecule has 0 radical (unpaired) electrons. The zero-order valence-corrected chi connectivity index (χ0v) is 13.6. The van der Waals surface area contributed by atoms with Crippen LogP contribution in [0.3, 0.4) is 0 Å². The molecule has 2 aromatic carbocycles. The first-order valence-electron chi connectivity index (χ1n) is 7.55. The number of rotatable bonds is 8. The standard InChI is InChI=1S/C18H20FNO4/c1-13(24-15-8-6-14(19)7-9-15)18(21)20-10-11-23-17-5-3-4-16(12-17)22-2/h3-9,12-13H,10-11H2,1-2H3,(H,20,21). The van der Waals surface area contributed by atoms with Gasteiger partial charge in [-0.1, -0.05) is 6.07 Å². The molecule has 0 aliphatic carbocycles. The fourth-order valence-electron chi connectivity index (χ4n) is 1.95. The summed E-state index contributed by atoms with van der Waals surface area (Å²) >= 11 is 0. The number of halogens is 1. The first-order valence-corrected chi connectivity index (χ1v) is 7.55. The molecule has 0 aliphatic rings. The van der Waals surface area contributed by atoms with Gasteiger partial charge in [-0.3, -0.25) is 4.79 Å². The second kappa shape index (κ2) is 8.76. The predicted octanol–water partition coefficient (Wildman–Crippen LogP) is 2.80. The molecule has 0 bridgehead atoms. The van der Waals surface area contributed by atoms with E-state index in [1.807, 2.05) is 18.2 Å². The molecule has 2 rings (SSSR count). The molecule has 0 aliphatic heterocycles. The van der Waals surface area contributed by atoms with Crippen LogP contribution in [-0.2, 0) is 4.79 Å². The first kappa shape index (κ1) is 17.6. The van der Waals surface area contributed by atoms with Crippen molar-refractivity contribution in [1.29, 1.82) is 0 Å². The highest BCUT2D eigenvalue weighted by atomic mass is 19.1. The number of hydrogen-bond acceptors (Lipinski definition) is 4. The lowest BCUT2D eigenvalue weighted by Crippen LogP contribution is -2.38. The Kier molecular flexibility index (Phi) is 6.42. The fourth-order valence-corrected chi connectivity index (χ4v) is 1.95. The Morgan fingerprint density at radius 2 is 1.83 bits per heavy atom. The summed E-state index contributed by atoms with van der Waals surface area (Å²) in [5, 5.41) is 2.72. The maximum atomic E-state index is 12.8. The highest BCUT2D eigenvalue weighted by molar-refractivity contribution is 5.80. The van der Waals surface area contributed by atoms with Gasteiger partial charge in [-0.25, -0.2) is 4.39 Å². The van der Waals surface area contributed by atoms with E-state index in [2.05, 4.69) is 5.32 Å². The number of carbonyl (C=O) groups is 1. The SMILES string of the molecule is COc1cccc(OCCNC(=O)C(C)Oc2ccc(F)cc2)c1. The van der Waals surface area contributed by atoms with Gasteiger partial charge >= 0.3 is 0 Å². The maximum Gasteiger partial charge on any atom is 0.260 e. The fraction of sp³-hybridized carbons (Fsp3) is 0.278. The van der Waals surface area contributed by atoms with E-state index in [0.717, 1.165) is 0 Å². The largest absolute Gasteiger partial charge is 0.497 e. The third-order valence-electron chi connectivity index (χ3n) is 3.21. The quantitative estimate of drug-likeness (QED) is 0.755. The van der Waals surface area contributed by atoms with Gasteiger partial charge in [-0.2, -0.15) is 0 Å². The smallest absolute Gasteiger partial charge is 0.260 e. The molecule has 6 heteroatoms. The third-order valence-corrected chi connectivity index (χ3v) is 3.21. The van der Waals surface area contributed by atoms with Crippen molar-refractivity contribution in [1.82, 2.24) is 5.32 Å². The van der Waals surface area contributed by atoms with Crippen LogP contribution >= 0.6 is 0 Å². The van der Waals surface area contributed by atoms with Gasteiger partial charge in [0.15, 0.2) is 6.10 Å². The summed E-state index contributed by atoms with van der Waals surface area (Å²) in [6.45, 7) is 2.29. The number of benzene rings is 2. The molecule has 0 heterocycles. The lowest BCUT2D eigenvalue weighted by molar-refractivity contribution is -0.127. The molecule has 1 amide bonds. The summed E-state index contributed by atoms with van der Waals surface area (Å²) in [4.78, 5) is 11.9. The Labute approximate surface area is 140 Å². The first-order chi connectivity index (χ1) is 11.6. The van der Waals surface area contributed by atoms with Gasteiger partial charge in [0, 0.05) is 6.07 Å². The molecule has 0 saturated heterocycles. The van der Waals surface area contributed by atoms with Gasteiger partial charge in [-0.05, 0) is 43.3 Å². The van der Waals surface area contributed by atoms with Crippen LogP contribution in [0.1, 0.15) is 6.92 Å². The molecule has 0 saturated carbocycles. The van der Waals surface area contributed by atoms with Crippen molar-refractivity contribution in [2.24, 2.45) is 0 Å². The van der Waals surface area contributed by atoms with Crippen LogP contribution in [0.4, 0.5) is 4.39 Å². The van der Waals surface area contributed by atoms with Crippen molar-refractivity contribution < 1.29 is 23.4 Å². The van der Waals surface area contributed by atoms with E-state index in [4.69, 9.17) is 14.2 Å². The van der Waals surface area contributed by atoms with Crippen molar-refractivity contribution in [2.75, 3.05) is 20.3 Å². The molecule has 5 nitrogen and oxygen atoms in total. The molecule has 0 fully saturated rings. The number of methoxy groups -OCH3 is 1. The van der Waals surface area contributed by atoms with Crippen LogP contribution in [-0.4, -0.2) is 32.3 Å². The predicted molar refractivity (Wildman–Crippen MR) is 88.0 cm³/mol. The Morgan fingerprint density at radius 3 is 2.54 bits per heavy atom. The minimum Gasteiger partial charge on any atom is -0.497 e. The number of hydrogen-bond donors (Lipinski definition) is 1. The Balaban J connectivity index is 1.71. The molecule has 0 spiro atoms. The summed E-state index contributed by atoms with van der Waals surface area (Å²) in [6, 6.07) is 12.7. The van der Waals surface area contributed by atoms with E-state index >= 15 is 0 Å². The van der Waals surface area contributed by atoms with Gasteiger partial charge < -0.3 is 19.5 Å². The second-order valence-corrected chi connectivity index (χ2v) is 5.03. The maximum absolute atomic E-state index is 12.8. The zero-order valence-electron chi connectivity index (χ0n) is 13.6. The van der Waals surface area contributed by atoms with E-state index < -0.39 is 6.10 Å². The van der Waals surface area contributed by atoms with Gasteiger partial charge in [0.05, 0.1) is 13.7 Å². The van der Waals surface area contributed by atoms with Crippen LogP contribution in [0.2, 0.25) is 0 Å². The normalized spacial score (nSPS) is 11.5. The van der Waals surface area contributed by atoms with Crippen molar-refractivity contribution >= 4 is 5.91 Å². The van der Waals surface area contributed by atoms with Crippen LogP contribution < -0.4 is 19.5 Å². The van der Waals surface area contributed by atoms with Gasteiger partial charge in [0.1, 0.15) is 29.7 Å². The average molecular weight is 333 g/mol. The Morgan fingerprint density at radius 1 is 1.12 bits per heavy atom. The molecular formula is C18H20FNO4. The summed E-state index contributed by atoms with van der Waals surface area (Å²) in [5.74, 6) is 1.19. The minimum absolute atomic E-state index is 0.270. The molecular weight excluding hydrogens is 313 g/mol. The summed E-state index contributed by atoms with van der Waals surface area (Å²) in [6.07, 6.45) is -0.688. The molecule has 2 aromatic rings. The lowest BCUT2D eigenvalue weighted by Gasteiger charge is -2.15. The van der Waals surface area contributed by atoms with Crippen LogP contribution in [0.25, 0.3) is 0 Å². The van der Waals surface area contributed by atoms with Crippen LogP contribution in [0, 0.1) is 5.82 Å². The van der Waals surface area contributed by atoms with Crippen LogP contribution in [0.15, 0.2) is 48.5 Å². The van der Waals surface area contributed by atoms with Crippen LogP contribution in [0.5, 0.6) is 17.2 Å². The Hall–Kier alpha value is -2.76. The van der Waals surface area contributed by atoms with Crippen molar-refractivity contribution in [3.05, 3.63) is 54.3 Å². The summed E-state index contributed by atoms with van der Waals surface area (Å²) in [5.41, 5.74) is 0. The molecule has 1 unspecified atom stereocenters. The molecule has 24 heavy (non-hydrogen) atoms. The summed E-state index contributed by atoms with van der Waals surface area (Å²) in [7, 11) is 1.59. The van der Waals surface area contributed by atoms with Gasteiger partial charge in [0.25, 0.3) is 5.91 Å². The van der Waals surface area contributed by atoms with Gasteiger partial charge in [0.2, 0.25) is 0 Å². The zero-order chi connectivity index (χ0) is 17.4. The van der Waals surface area contributed by atoms with Gasteiger partial charge in [-0.15, -0.1) is 0 Å². The molecule has 1 N–H and O–H groups in total. The van der Waals surface area contributed by atoms with E-state index in [1.165, 1.54) is 24.3 Å². The number of nitrogens with one attached hydrogen (secondary N) is 1. The monoisotopic (exact) mass is 333 g/mol. The second-order valence-electron chi connectivity index (χ2n) is 5.03. The minimum atomic E-state index is -0.688. The topological polar surface area (TPSA) is 56.8 Å². The van der Waals surface area contributed by atoms with E-state index in [0.29, 0.717) is 30.4 Å². The van der Waals surface area contributed by atoms with Crippen molar-refractivity contribution in [3.8, 4) is 17.2 Å². The molecule has 128 valence electrons. The number of carbonyl (C=O) groups excluding carboxylic acids is 1. The number of ether oxygens (including phenoxy) is 3. The average Bonchev–Trinajstić information content (AvgIpc) is 2.60. The molecule has 0 aromatic heterocycles. The highest BCUT2D eigenvalue weighted by Gasteiger charge is 2.14. The highest BCUT2D eigenvalue weighted by Crippen LogP contribution is 2.18. The van der Waals surface area contributed by atoms with E-state index in [9.17, 15) is 9.18 Å². The third kappa shape index (κ3) is 5.46. The van der Waals surface area contributed by atoms with Crippen molar-refractivity contribution in [3.63, 3.8) is 0 Å².